The number of phenolic OH excluding ortho intramolecular Hbond substituents is 1. The topological polar surface area (TPSA) is 117 Å². The highest BCUT2D eigenvalue weighted by Gasteiger charge is 2.13. The summed E-state index contributed by atoms with van der Waals surface area (Å²) in [5.41, 5.74) is 4.22. The van der Waals surface area contributed by atoms with Crippen molar-refractivity contribution in [2.24, 2.45) is 5.10 Å². The number of hydrogen-bond donors (Lipinski definition) is 3. The number of aromatic hydroxyl groups is 1. The average Bonchev–Trinajstić information content (AvgIpc) is 3.11. The Balaban J connectivity index is 1.55. The number of rotatable bonds is 6. The van der Waals surface area contributed by atoms with Crippen molar-refractivity contribution >= 4 is 50.4 Å². The predicted molar refractivity (Wildman–Crippen MR) is 114 cm³/mol. The standard InChI is InChI=1S/C19H16BrN5O3S/c1-11-4-2-3-5-14(11)18(28)22-19-25-24-17(29-19)9-16(27)23-21-10-12-8-13(20)6-7-15(12)26/h2-8,10,26H,9H2,1H3,(H,23,27)(H,22,25,28)/b21-10+. The molecule has 0 atom stereocenters. The average molecular weight is 474 g/mol. The minimum absolute atomic E-state index is 0.0420. The van der Waals surface area contributed by atoms with Gasteiger partial charge in [-0.25, -0.2) is 5.43 Å². The van der Waals surface area contributed by atoms with E-state index in [1.807, 2.05) is 19.1 Å². The van der Waals surface area contributed by atoms with E-state index in [2.05, 4.69) is 42.0 Å². The quantitative estimate of drug-likeness (QED) is 0.375. The van der Waals surface area contributed by atoms with Crippen LogP contribution in [0, 0.1) is 6.92 Å². The molecule has 0 unspecified atom stereocenters. The molecule has 0 fully saturated rings. The third kappa shape index (κ3) is 5.69. The van der Waals surface area contributed by atoms with Gasteiger partial charge in [-0.15, -0.1) is 10.2 Å². The molecule has 1 aromatic heterocycles. The smallest absolute Gasteiger partial charge is 0.257 e. The van der Waals surface area contributed by atoms with Crippen LogP contribution in [-0.4, -0.2) is 33.3 Å². The number of aryl methyl sites for hydroxylation is 1. The fourth-order valence-electron chi connectivity index (χ4n) is 2.35. The van der Waals surface area contributed by atoms with Gasteiger partial charge in [0, 0.05) is 15.6 Å². The minimum Gasteiger partial charge on any atom is -0.507 e. The number of aromatic nitrogens is 2. The normalized spacial score (nSPS) is 10.8. The van der Waals surface area contributed by atoms with Crippen molar-refractivity contribution in [2.45, 2.75) is 13.3 Å². The zero-order valence-electron chi connectivity index (χ0n) is 15.2. The van der Waals surface area contributed by atoms with Crippen LogP contribution >= 0.6 is 27.3 Å². The Bertz CT molecular complexity index is 1080. The molecular weight excluding hydrogens is 458 g/mol. The van der Waals surface area contributed by atoms with Gasteiger partial charge in [-0.05, 0) is 36.8 Å². The molecule has 3 aromatic rings. The first-order valence-electron chi connectivity index (χ1n) is 8.42. The van der Waals surface area contributed by atoms with Crippen LogP contribution in [0.25, 0.3) is 0 Å². The van der Waals surface area contributed by atoms with Crippen molar-refractivity contribution in [3.05, 3.63) is 68.6 Å². The Labute approximate surface area is 178 Å². The molecule has 8 nitrogen and oxygen atoms in total. The lowest BCUT2D eigenvalue weighted by Gasteiger charge is -2.03. The summed E-state index contributed by atoms with van der Waals surface area (Å²) in [5, 5.41) is 24.8. The van der Waals surface area contributed by atoms with Gasteiger partial charge in [0.15, 0.2) is 0 Å². The van der Waals surface area contributed by atoms with E-state index < -0.39 is 5.91 Å². The summed E-state index contributed by atoms with van der Waals surface area (Å²) in [4.78, 5) is 24.3. The summed E-state index contributed by atoms with van der Waals surface area (Å²) < 4.78 is 0.775. The van der Waals surface area contributed by atoms with Crippen molar-refractivity contribution in [1.82, 2.24) is 15.6 Å². The molecule has 0 saturated heterocycles. The van der Waals surface area contributed by atoms with E-state index >= 15 is 0 Å². The van der Waals surface area contributed by atoms with Crippen LogP contribution in [-0.2, 0) is 11.2 Å². The summed E-state index contributed by atoms with van der Waals surface area (Å²) in [6.45, 7) is 1.85. The lowest BCUT2D eigenvalue weighted by atomic mass is 10.1. The van der Waals surface area contributed by atoms with Gasteiger partial charge in [-0.2, -0.15) is 5.10 Å². The van der Waals surface area contributed by atoms with Gasteiger partial charge >= 0.3 is 0 Å². The highest BCUT2D eigenvalue weighted by molar-refractivity contribution is 9.10. The maximum atomic E-state index is 12.3. The molecule has 1 heterocycles. The number of phenols is 1. The Morgan fingerprint density at radius 1 is 1.24 bits per heavy atom. The van der Waals surface area contributed by atoms with E-state index in [-0.39, 0.29) is 18.1 Å². The van der Waals surface area contributed by atoms with Crippen molar-refractivity contribution < 1.29 is 14.7 Å². The molecule has 0 aliphatic carbocycles. The Morgan fingerprint density at radius 2 is 2.03 bits per heavy atom. The first-order valence-corrected chi connectivity index (χ1v) is 10.0. The molecule has 2 aromatic carbocycles. The second kappa shape index (κ2) is 9.39. The number of hydrazone groups is 1. The molecule has 0 bridgehead atoms. The second-order valence-corrected chi connectivity index (χ2v) is 7.92. The summed E-state index contributed by atoms with van der Waals surface area (Å²) in [5.74, 6) is -0.637. The van der Waals surface area contributed by atoms with Gasteiger partial charge in [0.1, 0.15) is 10.8 Å². The van der Waals surface area contributed by atoms with Gasteiger partial charge in [0.2, 0.25) is 11.0 Å². The number of hydrogen-bond acceptors (Lipinski definition) is 7. The maximum Gasteiger partial charge on any atom is 0.257 e. The van der Waals surface area contributed by atoms with Gasteiger partial charge in [0.25, 0.3) is 5.91 Å². The van der Waals surface area contributed by atoms with Crippen LogP contribution in [0.4, 0.5) is 5.13 Å². The fraction of sp³-hybridized carbons (Fsp3) is 0.105. The van der Waals surface area contributed by atoms with Crippen LogP contribution in [0.15, 0.2) is 52.0 Å². The van der Waals surface area contributed by atoms with Crippen LogP contribution in [0.2, 0.25) is 0 Å². The zero-order chi connectivity index (χ0) is 20.8. The van der Waals surface area contributed by atoms with Gasteiger partial charge in [-0.1, -0.05) is 45.5 Å². The number of amides is 2. The molecule has 0 spiro atoms. The van der Waals surface area contributed by atoms with E-state index in [0.717, 1.165) is 21.4 Å². The Hall–Kier alpha value is -3.11. The highest BCUT2D eigenvalue weighted by Crippen LogP contribution is 2.20. The van der Waals surface area contributed by atoms with Crippen LogP contribution < -0.4 is 10.7 Å². The molecule has 0 radical (unpaired) electrons. The fourth-order valence-corrected chi connectivity index (χ4v) is 3.46. The van der Waals surface area contributed by atoms with Gasteiger partial charge in [0.05, 0.1) is 12.6 Å². The van der Waals surface area contributed by atoms with Crippen molar-refractivity contribution in [2.75, 3.05) is 5.32 Å². The minimum atomic E-state index is -0.399. The first kappa shape index (κ1) is 20.6. The van der Waals surface area contributed by atoms with Crippen LogP contribution in [0.3, 0.4) is 0 Å². The molecule has 10 heteroatoms. The number of anilines is 1. The maximum absolute atomic E-state index is 12.3. The molecule has 0 saturated carbocycles. The zero-order valence-corrected chi connectivity index (χ0v) is 17.6. The number of nitrogens with zero attached hydrogens (tertiary/aromatic N) is 3. The molecule has 29 heavy (non-hydrogen) atoms. The first-order chi connectivity index (χ1) is 13.9. The van der Waals surface area contributed by atoms with Gasteiger partial charge < -0.3 is 5.11 Å². The third-order valence-electron chi connectivity index (χ3n) is 3.77. The van der Waals surface area contributed by atoms with E-state index in [0.29, 0.717) is 21.3 Å². The van der Waals surface area contributed by atoms with E-state index in [1.165, 1.54) is 12.3 Å². The number of carbonyl (C=O) groups is 2. The third-order valence-corrected chi connectivity index (χ3v) is 5.10. The number of halogens is 1. The van der Waals surface area contributed by atoms with E-state index in [4.69, 9.17) is 0 Å². The van der Waals surface area contributed by atoms with Crippen molar-refractivity contribution in [3.8, 4) is 5.75 Å². The Kier molecular flexibility index (Phi) is 6.68. The van der Waals surface area contributed by atoms with Crippen molar-refractivity contribution in [1.29, 1.82) is 0 Å². The number of benzene rings is 2. The van der Waals surface area contributed by atoms with Crippen LogP contribution in [0.5, 0.6) is 5.75 Å². The number of nitrogens with one attached hydrogen (secondary N) is 2. The largest absolute Gasteiger partial charge is 0.507 e. The summed E-state index contributed by atoms with van der Waals surface area (Å²) in [6, 6.07) is 12.1. The molecule has 2 amide bonds. The number of carbonyl (C=O) groups excluding carboxylic acids is 2. The molecule has 0 aliphatic rings. The van der Waals surface area contributed by atoms with Crippen LogP contribution in [0.1, 0.15) is 26.5 Å². The SMILES string of the molecule is Cc1ccccc1C(=O)Nc1nnc(CC(=O)N/N=C/c2cc(Br)ccc2O)s1. The Morgan fingerprint density at radius 3 is 2.83 bits per heavy atom. The highest BCUT2D eigenvalue weighted by atomic mass is 79.9. The molecule has 3 N–H and O–H groups in total. The molecular formula is C19H16BrN5O3S. The van der Waals surface area contributed by atoms with E-state index in [1.54, 1.807) is 24.3 Å². The summed E-state index contributed by atoms with van der Waals surface area (Å²) in [7, 11) is 0. The second-order valence-electron chi connectivity index (χ2n) is 5.94. The predicted octanol–water partition coefficient (Wildman–Crippen LogP) is 3.26. The molecule has 148 valence electrons. The van der Waals surface area contributed by atoms with Gasteiger partial charge in [-0.3, -0.25) is 14.9 Å². The summed E-state index contributed by atoms with van der Waals surface area (Å²) >= 11 is 4.41. The van der Waals surface area contributed by atoms with Crippen molar-refractivity contribution in [3.63, 3.8) is 0 Å². The molecule has 0 aliphatic heterocycles. The van der Waals surface area contributed by atoms with E-state index in [9.17, 15) is 14.7 Å². The lowest BCUT2D eigenvalue weighted by Crippen LogP contribution is -2.19. The molecule has 3 rings (SSSR count). The monoisotopic (exact) mass is 473 g/mol. The lowest BCUT2D eigenvalue weighted by molar-refractivity contribution is -0.120. The summed E-state index contributed by atoms with van der Waals surface area (Å²) in [6.07, 6.45) is 1.30.